The molecule has 0 aliphatic carbocycles. The van der Waals surface area contributed by atoms with E-state index in [1.54, 1.807) is 0 Å². The fourth-order valence-corrected chi connectivity index (χ4v) is 2.84. The van der Waals surface area contributed by atoms with Crippen molar-refractivity contribution >= 4 is 5.97 Å². The standard InChI is InChI=1S/C22H16F6N2O3/c1-2-3-4-12-10-29-20(30-11-12)21(31)32-14-5-6-15(16(23)9-14)13-7-17(24)19(18(25)8-13)33-22(26,27)28/h5-11H,2-4H2,1H3. The molecule has 0 aliphatic heterocycles. The Kier molecular flexibility index (Phi) is 7.19. The molecule has 0 saturated carbocycles. The summed E-state index contributed by atoms with van der Waals surface area (Å²) in [5, 5.41) is 0. The van der Waals surface area contributed by atoms with Crippen LogP contribution >= 0.6 is 0 Å². The second kappa shape index (κ2) is 9.88. The van der Waals surface area contributed by atoms with Crippen LogP contribution in [0.15, 0.2) is 42.7 Å². The Labute approximate surface area is 184 Å². The molecule has 0 aliphatic rings. The molecule has 1 heterocycles. The van der Waals surface area contributed by atoms with Crippen LogP contribution < -0.4 is 9.47 Å². The van der Waals surface area contributed by atoms with Gasteiger partial charge in [-0.1, -0.05) is 13.3 Å². The van der Waals surface area contributed by atoms with Gasteiger partial charge in [0.1, 0.15) is 11.6 Å². The van der Waals surface area contributed by atoms with Crippen molar-refractivity contribution in [3.63, 3.8) is 0 Å². The molecule has 5 nitrogen and oxygen atoms in total. The number of aromatic nitrogens is 2. The Balaban J connectivity index is 1.77. The van der Waals surface area contributed by atoms with Crippen LogP contribution in [0.25, 0.3) is 11.1 Å². The molecule has 0 radical (unpaired) electrons. The molecule has 33 heavy (non-hydrogen) atoms. The monoisotopic (exact) mass is 470 g/mol. The third kappa shape index (κ3) is 6.21. The van der Waals surface area contributed by atoms with Crippen molar-refractivity contribution in [2.45, 2.75) is 32.5 Å². The van der Waals surface area contributed by atoms with Gasteiger partial charge in [0.25, 0.3) is 0 Å². The number of nitrogens with zero attached hydrogens (tertiary/aromatic N) is 2. The summed E-state index contributed by atoms with van der Waals surface area (Å²) in [6, 6.07) is 3.94. The van der Waals surface area contributed by atoms with Crippen molar-refractivity contribution in [3.8, 4) is 22.6 Å². The van der Waals surface area contributed by atoms with Crippen LogP contribution in [0.2, 0.25) is 0 Å². The summed E-state index contributed by atoms with van der Waals surface area (Å²) < 4.78 is 87.5. The van der Waals surface area contributed by atoms with Gasteiger partial charge in [-0.25, -0.2) is 27.9 Å². The van der Waals surface area contributed by atoms with Gasteiger partial charge < -0.3 is 9.47 Å². The number of rotatable bonds is 7. The van der Waals surface area contributed by atoms with Crippen LogP contribution in [-0.2, 0) is 6.42 Å². The van der Waals surface area contributed by atoms with Gasteiger partial charge in [0.05, 0.1) is 0 Å². The van der Waals surface area contributed by atoms with E-state index in [-0.39, 0.29) is 22.7 Å². The highest BCUT2D eigenvalue weighted by Gasteiger charge is 2.34. The van der Waals surface area contributed by atoms with Crippen LogP contribution in [0.1, 0.15) is 35.9 Å². The lowest BCUT2D eigenvalue weighted by Gasteiger charge is -2.12. The Morgan fingerprint density at radius 3 is 2.15 bits per heavy atom. The molecule has 0 unspecified atom stereocenters. The number of benzene rings is 2. The van der Waals surface area contributed by atoms with Gasteiger partial charge in [-0.2, -0.15) is 0 Å². The van der Waals surface area contributed by atoms with E-state index in [2.05, 4.69) is 14.7 Å². The molecule has 0 bridgehead atoms. The molecule has 0 fully saturated rings. The zero-order chi connectivity index (χ0) is 24.2. The van der Waals surface area contributed by atoms with Crippen LogP contribution in [0.4, 0.5) is 26.3 Å². The molecule has 0 saturated heterocycles. The van der Waals surface area contributed by atoms with Gasteiger partial charge in [-0.15, -0.1) is 13.2 Å². The number of ether oxygens (including phenoxy) is 2. The molecule has 0 spiro atoms. The zero-order valence-corrected chi connectivity index (χ0v) is 17.0. The van der Waals surface area contributed by atoms with Crippen molar-refractivity contribution in [3.05, 3.63) is 71.6 Å². The zero-order valence-electron chi connectivity index (χ0n) is 17.0. The molecule has 1 aromatic heterocycles. The van der Waals surface area contributed by atoms with Gasteiger partial charge >= 0.3 is 12.3 Å². The number of esters is 1. The predicted octanol–water partition coefficient (Wildman–Crippen LogP) is 6.02. The van der Waals surface area contributed by atoms with E-state index >= 15 is 0 Å². The largest absolute Gasteiger partial charge is 0.573 e. The average Bonchev–Trinajstić information content (AvgIpc) is 2.74. The minimum atomic E-state index is -5.31. The minimum Gasteiger partial charge on any atom is -0.421 e. The fourth-order valence-electron chi connectivity index (χ4n) is 2.84. The van der Waals surface area contributed by atoms with Gasteiger partial charge in [-0.3, -0.25) is 0 Å². The van der Waals surface area contributed by atoms with E-state index in [9.17, 15) is 31.1 Å². The summed E-state index contributed by atoms with van der Waals surface area (Å²) in [5.41, 5.74) is 0.110. The molecule has 11 heteroatoms. The van der Waals surface area contributed by atoms with Crippen LogP contribution in [-0.4, -0.2) is 22.3 Å². The molecule has 3 rings (SSSR count). The van der Waals surface area contributed by atoms with Crippen molar-refractivity contribution in [2.24, 2.45) is 0 Å². The SMILES string of the molecule is CCCCc1cnc(C(=O)Oc2ccc(-c3cc(F)c(OC(F)(F)F)c(F)c3)c(F)c2)nc1. The molecule has 174 valence electrons. The van der Waals surface area contributed by atoms with Crippen molar-refractivity contribution in [1.82, 2.24) is 9.97 Å². The topological polar surface area (TPSA) is 61.3 Å². The predicted molar refractivity (Wildman–Crippen MR) is 104 cm³/mol. The van der Waals surface area contributed by atoms with Crippen molar-refractivity contribution in [1.29, 1.82) is 0 Å². The highest BCUT2D eigenvalue weighted by Crippen LogP contribution is 2.34. The van der Waals surface area contributed by atoms with Crippen molar-refractivity contribution in [2.75, 3.05) is 0 Å². The number of halogens is 6. The first-order valence-electron chi connectivity index (χ1n) is 9.65. The first-order chi connectivity index (χ1) is 15.6. The first-order valence-corrected chi connectivity index (χ1v) is 9.65. The summed E-state index contributed by atoms with van der Waals surface area (Å²) >= 11 is 0. The Morgan fingerprint density at radius 1 is 0.970 bits per heavy atom. The Morgan fingerprint density at radius 2 is 1.61 bits per heavy atom. The minimum absolute atomic E-state index is 0.238. The van der Waals surface area contributed by atoms with Crippen LogP contribution in [0, 0.1) is 17.5 Å². The smallest absolute Gasteiger partial charge is 0.421 e. The molecule has 0 amide bonds. The quantitative estimate of drug-likeness (QED) is 0.240. The van der Waals surface area contributed by atoms with Gasteiger partial charge in [0.15, 0.2) is 11.6 Å². The summed E-state index contributed by atoms with van der Waals surface area (Å²) in [5.74, 6) is -7.47. The van der Waals surface area contributed by atoms with E-state index in [0.29, 0.717) is 12.1 Å². The number of aryl methyl sites for hydroxylation is 1. The number of carbonyl (C=O) groups is 1. The molecular formula is C22H16F6N2O3. The van der Waals surface area contributed by atoms with E-state index < -0.39 is 35.5 Å². The molecule has 0 N–H and O–H groups in total. The molecule has 3 aromatic rings. The second-order valence-corrected chi connectivity index (χ2v) is 6.87. The summed E-state index contributed by atoms with van der Waals surface area (Å²) in [6.45, 7) is 2.03. The number of hydrogen-bond acceptors (Lipinski definition) is 5. The maximum absolute atomic E-state index is 14.5. The molecule has 2 aromatic carbocycles. The van der Waals surface area contributed by atoms with Gasteiger partial charge in [0.2, 0.25) is 11.6 Å². The van der Waals surface area contributed by atoms with E-state index in [0.717, 1.165) is 43.0 Å². The number of unbranched alkanes of at least 4 members (excludes halogenated alkanes) is 1. The first kappa shape index (κ1) is 24.0. The van der Waals surface area contributed by atoms with Crippen LogP contribution in [0.5, 0.6) is 11.5 Å². The Hall–Kier alpha value is -3.63. The third-order valence-corrected chi connectivity index (χ3v) is 4.39. The summed E-state index contributed by atoms with van der Waals surface area (Å²) in [7, 11) is 0. The second-order valence-electron chi connectivity index (χ2n) is 6.87. The normalized spacial score (nSPS) is 11.4. The highest BCUT2D eigenvalue weighted by atomic mass is 19.4. The molecule has 0 atom stereocenters. The maximum Gasteiger partial charge on any atom is 0.573 e. The summed E-state index contributed by atoms with van der Waals surface area (Å²) in [6.07, 6.45) is 0.333. The van der Waals surface area contributed by atoms with E-state index in [4.69, 9.17) is 4.74 Å². The van der Waals surface area contributed by atoms with E-state index in [1.807, 2.05) is 6.92 Å². The number of alkyl halides is 3. The lowest BCUT2D eigenvalue weighted by atomic mass is 10.0. The average molecular weight is 470 g/mol. The third-order valence-electron chi connectivity index (χ3n) is 4.39. The van der Waals surface area contributed by atoms with Crippen LogP contribution in [0.3, 0.4) is 0 Å². The Bertz CT molecular complexity index is 1130. The number of carbonyl (C=O) groups excluding carboxylic acids is 1. The van der Waals surface area contributed by atoms with Gasteiger partial charge in [-0.05, 0) is 48.2 Å². The maximum atomic E-state index is 14.5. The van der Waals surface area contributed by atoms with Gasteiger partial charge in [0, 0.05) is 24.0 Å². The molecular weight excluding hydrogens is 454 g/mol. The van der Waals surface area contributed by atoms with Crippen molar-refractivity contribution < 1.29 is 40.6 Å². The van der Waals surface area contributed by atoms with E-state index in [1.165, 1.54) is 12.4 Å². The highest BCUT2D eigenvalue weighted by molar-refractivity contribution is 5.87. The lowest BCUT2D eigenvalue weighted by Crippen LogP contribution is -2.19. The lowest BCUT2D eigenvalue weighted by molar-refractivity contribution is -0.276. The summed E-state index contributed by atoms with van der Waals surface area (Å²) in [4.78, 5) is 20.0. The fraction of sp³-hybridized carbons (Fsp3) is 0.227. The number of hydrogen-bond donors (Lipinski definition) is 0.